The Morgan fingerprint density at radius 2 is 2.29 bits per heavy atom. The van der Waals surface area contributed by atoms with E-state index in [0.717, 1.165) is 4.70 Å². The molecule has 2 nitrogen and oxygen atoms in total. The molecular formula is C10H6FNOS. The van der Waals surface area contributed by atoms with E-state index in [1.54, 1.807) is 11.4 Å². The van der Waals surface area contributed by atoms with Crippen LogP contribution in [0, 0.1) is 17.1 Å². The SMILES string of the molecule is COc1cc2scc(C#N)c2cc1F. The van der Waals surface area contributed by atoms with Crippen molar-refractivity contribution in [3.05, 3.63) is 28.9 Å². The lowest BCUT2D eigenvalue weighted by molar-refractivity contribution is 0.387. The zero-order valence-corrected chi connectivity index (χ0v) is 8.19. The second kappa shape index (κ2) is 3.28. The summed E-state index contributed by atoms with van der Waals surface area (Å²) in [7, 11) is 1.42. The Morgan fingerprint density at radius 3 is 2.93 bits per heavy atom. The van der Waals surface area contributed by atoms with Gasteiger partial charge in [-0.3, -0.25) is 0 Å². The summed E-state index contributed by atoms with van der Waals surface area (Å²) in [4.78, 5) is 0. The van der Waals surface area contributed by atoms with Crippen molar-refractivity contribution in [2.24, 2.45) is 0 Å². The summed E-state index contributed by atoms with van der Waals surface area (Å²) < 4.78 is 19.0. The minimum absolute atomic E-state index is 0.212. The predicted molar refractivity (Wildman–Crippen MR) is 53.1 cm³/mol. The summed E-state index contributed by atoms with van der Waals surface area (Å²) in [5.74, 6) is -0.223. The van der Waals surface area contributed by atoms with Gasteiger partial charge in [-0.2, -0.15) is 5.26 Å². The highest BCUT2D eigenvalue weighted by Gasteiger charge is 2.09. The predicted octanol–water partition coefficient (Wildman–Crippen LogP) is 2.92. The van der Waals surface area contributed by atoms with Gasteiger partial charge in [0.15, 0.2) is 11.6 Å². The van der Waals surface area contributed by atoms with Gasteiger partial charge in [-0.1, -0.05) is 0 Å². The van der Waals surface area contributed by atoms with Gasteiger partial charge in [0, 0.05) is 21.5 Å². The Hall–Kier alpha value is -1.60. The van der Waals surface area contributed by atoms with Gasteiger partial charge in [-0.05, 0) is 6.07 Å². The lowest BCUT2D eigenvalue weighted by Crippen LogP contribution is -1.86. The second-order valence-electron chi connectivity index (χ2n) is 2.74. The molecule has 0 fully saturated rings. The molecule has 70 valence electrons. The maximum atomic E-state index is 13.3. The number of nitrogens with zero attached hydrogens (tertiary/aromatic N) is 1. The molecule has 1 heterocycles. The van der Waals surface area contributed by atoms with Crippen LogP contribution in [0.5, 0.6) is 5.75 Å². The summed E-state index contributed by atoms with van der Waals surface area (Å²) in [5, 5.41) is 11.1. The molecule has 0 N–H and O–H groups in total. The summed E-state index contributed by atoms with van der Waals surface area (Å²) in [6.07, 6.45) is 0. The van der Waals surface area contributed by atoms with Crippen LogP contribution in [0.25, 0.3) is 10.1 Å². The topological polar surface area (TPSA) is 33.0 Å². The molecule has 0 unspecified atom stereocenters. The molecule has 2 rings (SSSR count). The van der Waals surface area contributed by atoms with Crippen LogP contribution in [0.1, 0.15) is 5.56 Å². The molecule has 0 aliphatic heterocycles. The van der Waals surface area contributed by atoms with Crippen LogP contribution in [0.2, 0.25) is 0 Å². The number of hydrogen-bond acceptors (Lipinski definition) is 3. The molecule has 0 atom stereocenters. The number of hydrogen-bond donors (Lipinski definition) is 0. The van der Waals surface area contributed by atoms with E-state index in [4.69, 9.17) is 10.00 Å². The summed E-state index contributed by atoms with van der Waals surface area (Å²) >= 11 is 1.41. The van der Waals surface area contributed by atoms with Gasteiger partial charge in [0.2, 0.25) is 0 Å². The quantitative estimate of drug-likeness (QED) is 0.720. The van der Waals surface area contributed by atoms with Gasteiger partial charge in [-0.25, -0.2) is 4.39 Å². The van der Waals surface area contributed by atoms with Crippen LogP contribution in [-0.4, -0.2) is 7.11 Å². The number of halogens is 1. The van der Waals surface area contributed by atoms with E-state index in [-0.39, 0.29) is 5.75 Å². The van der Waals surface area contributed by atoms with E-state index in [0.29, 0.717) is 10.9 Å². The number of benzene rings is 1. The van der Waals surface area contributed by atoms with Crippen LogP contribution in [0.3, 0.4) is 0 Å². The lowest BCUT2D eigenvalue weighted by Gasteiger charge is -2.00. The first-order valence-electron chi connectivity index (χ1n) is 3.91. The van der Waals surface area contributed by atoms with E-state index >= 15 is 0 Å². The average Bonchev–Trinajstić information content (AvgIpc) is 2.58. The second-order valence-corrected chi connectivity index (χ2v) is 3.66. The number of methoxy groups -OCH3 is 1. The first-order valence-corrected chi connectivity index (χ1v) is 4.79. The van der Waals surface area contributed by atoms with Gasteiger partial charge >= 0.3 is 0 Å². The third-order valence-corrected chi connectivity index (χ3v) is 2.91. The fraction of sp³-hybridized carbons (Fsp3) is 0.100. The third kappa shape index (κ3) is 1.22. The Bertz CT molecular complexity index is 527. The molecule has 0 aliphatic carbocycles. The number of thiophene rings is 1. The Kier molecular flexibility index (Phi) is 2.10. The van der Waals surface area contributed by atoms with Crippen molar-refractivity contribution < 1.29 is 9.13 Å². The highest BCUT2D eigenvalue weighted by Crippen LogP contribution is 2.31. The fourth-order valence-electron chi connectivity index (χ4n) is 1.27. The Labute approximate surface area is 84.2 Å². The average molecular weight is 207 g/mol. The van der Waals surface area contributed by atoms with Crippen molar-refractivity contribution in [2.45, 2.75) is 0 Å². The van der Waals surface area contributed by atoms with Crippen LogP contribution in [0.15, 0.2) is 17.5 Å². The molecule has 0 spiro atoms. The van der Waals surface area contributed by atoms with Crippen molar-refractivity contribution in [3.8, 4) is 11.8 Å². The normalized spacial score (nSPS) is 10.1. The first-order chi connectivity index (χ1) is 6.76. The maximum Gasteiger partial charge on any atom is 0.165 e. The van der Waals surface area contributed by atoms with Crippen molar-refractivity contribution in [2.75, 3.05) is 7.11 Å². The molecule has 0 amide bonds. The molecule has 0 saturated carbocycles. The first kappa shape index (κ1) is 8.97. The zero-order chi connectivity index (χ0) is 10.1. The molecule has 0 bridgehead atoms. The molecule has 0 radical (unpaired) electrons. The lowest BCUT2D eigenvalue weighted by atomic mass is 10.2. The van der Waals surface area contributed by atoms with Crippen LogP contribution < -0.4 is 4.74 Å². The van der Waals surface area contributed by atoms with E-state index in [9.17, 15) is 4.39 Å². The van der Waals surface area contributed by atoms with E-state index in [1.807, 2.05) is 6.07 Å². The molecule has 0 aliphatic rings. The van der Waals surface area contributed by atoms with Crippen LogP contribution in [-0.2, 0) is 0 Å². The van der Waals surface area contributed by atoms with Gasteiger partial charge < -0.3 is 4.74 Å². The zero-order valence-electron chi connectivity index (χ0n) is 7.37. The van der Waals surface area contributed by atoms with Gasteiger partial charge in [0.1, 0.15) is 6.07 Å². The summed E-state index contributed by atoms with van der Waals surface area (Å²) in [5.41, 5.74) is 0.506. The number of nitriles is 1. The van der Waals surface area contributed by atoms with Crippen molar-refractivity contribution in [1.82, 2.24) is 0 Å². The molecule has 4 heteroatoms. The number of rotatable bonds is 1. The summed E-state index contributed by atoms with van der Waals surface area (Å²) in [6, 6.07) is 4.96. The minimum Gasteiger partial charge on any atom is -0.494 e. The minimum atomic E-state index is -0.435. The monoisotopic (exact) mass is 207 g/mol. The number of ether oxygens (including phenoxy) is 1. The van der Waals surface area contributed by atoms with Crippen molar-refractivity contribution in [1.29, 1.82) is 5.26 Å². The van der Waals surface area contributed by atoms with Gasteiger partial charge in [-0.15, -0.1) is 11.3 Å². The molecule has 1 aromatic heterocycles. The molecule has 0 saturated heterocycles. The summed E-state index contributed by atoms with van der Waals surface area (Å²) in [6.45, 7) is 0. The molecular weight excluding hydrogens is 201 g/mol. The highest BCUT2D eigenvalue weighted by atomic mass is 32.1. The van der Waals surface area contributed by atoms with Gasteiger partial charge in [0.25, 0.3) is 0 Å². The van der Waals surface area contributed by atoms with E-state index < -0.39 is 5.82 Å². The highest BCUT2D eigenvalue weighted by molar-refractivity contribution is 7.17. The van der Waals surface area contributed by atoms with Crippen molar-refractivity contribution in [3.63, 3.8) is 0 Å². The Morgan fingerprint density at radius 1 is 1.50 bits per heavy atom. The number of fused-ring (bicyclic) bond motifs is 1. The maximum absolute atomic E-state index is 13.3. The third-order valence-electron chi connectivity index (χ3n) is 1.97. The van der Waals surface area contributed by atoms with Gasteiger partial charge in [0.05, 0.1) is 12.7 Å². The molecule has 1 aromatic carbocycles. The van der Waals surface area contributed by atoms with Crippen LogP contribution in [0.4, 0.5) is 4.39 Å². The largest absolute Gasteiger partial charge is 0.494 e. The smallest absolute Gasteiger partial charge is 0.165 e. The molecule has 14 heavy (non-hydrogen) atoms. The fourth-order valence-corrected chi connectivity index (χ4v) is 2.17. The van der Waals surface area contributed by atoms with E-state index in [2.05, 4.69) is 0 Å². The standard InChI is InChI=1S/C10H6FNOS/c1-13-9-3-10-7(2-8(9)11)6(4-12)5-14-10/h2-3,5H,1H3. The molecule has 2 aromatic rings. The van der Waals surface area contributed by atoms with E-state index in [1.165, 1.54) is 24.5 Å². The Balaban J connectivity index is 2.77. The van der Waals surface area contributed by atoms with Crippen molar-refractivity contribution >= 4 is 21.4 Å². The van der Waals surface area contributed by atoms with Crippen LogP contribution >= 0.6 is 11.3 Å².